The molecule has 0 aliphatic heterocycles. The van der Waals surface area contributed by atoms with Crippen LogP contribution in [-0.2, 0) is 10.8 Å². The fourth-order valence-electron chi connectivity index (χ4n) is 7.72. The van der Waals surface area contributed by atoms with Crippen molar-refractivity contribution in [2.45, 2.75) is 44.9 Å². The molecule has 0 amide bonds. The van der Waals surface area contributed by atoms with Crippen LogP contribution in [-0.4, -0.2) is 0 Å². The van der Waals surface area contributed by atoms with Crippen LogP contribution in [0.2, 0.25) is 0 Å². The van der Waals surface area contributed by atoms with Crippen molar-refractivity contribution in [1.82, 2.24) is 0 Å². The summed E-state index contributed by atoms with van der Waals surface area (Å²) in [4.78, 5) is 0. The van der Waals surface area contributed by atoms with Gasteiger partial charge in [0.2, 0.25) is 0 Å². The Kier molecular flexibility index (Phi) is 3.78. The van der Waals surface area contributed by atoms with Crippen molar-refractivity contribution in [3.8, 4) is 22.3 Å². The van der Waals surface area contributed by atoms with Crippen LogP contribution < -0.4 is 0 Å². The van der Waals surface area contributed by atoms with Crippen molar-refractivity contribution in [2.75, 3.05) is 0 Å². The number of hydrogen-bond acceptors (Lipinski definition) is 2. The van der Waals surface area contributed by atoms with Gasteiger partial charge in [-0.1, -0.05) is 76.3 Å². The first-order valence-electron chi connectivity index (χ1n) is 13.9. The zero-order valence-corrected chi connectivity index (χ0v) is 22.6. The van der Waals surface area contributed by atoms with Gasteiger partial charge in [0, 0.05) is 32.6 Å². The van der Waals surface area contributed by atoms with Crippen LogP contribution in [0.3, 0.4) is 0 Å². The van der Waals surface area contributed by atoms with Crippen LogP contribution in [0, 0.1) is 0 Å². The number of fused-ring (bicyclic) bond motifs is 14. The van der Waals surface area contributed by atoms with Gasteiger partial charge >= 0.3 is 0 Å². The highest BCUT2D eigenvalue weighted by atomic mass is 16.3. The second kappa shape index (κ2) is 6.82. The maximum Gasteiger partial charge on any atom is 0.136 e. The van der Waals surface area contributed by atoms with Crippen LogP contribution in [0.25, 0.3) is 67.3 Å². The lowest BCUT2D eigenvalue weighted by Crippen LogP contribution is -2.16. The molecule has 3 aliphatic rings. The summed E-state index contributed by atoms with van der Waals surface area (Å²) in [5, 5.41) is 3.68. The van der Waals surface area contributed by atoms with Crippen LogP contribution in [0.4, 0.5) is 0 Å². The summed E-state index contributed by atoms with van der Waals surface area (Å²) in [6, 6.07) is 22.4. The standard InChI is InChI=1S/C37H28O2/c1-36(2)24-14-16-30-34(20-10-6-5-7-12-28(20)38-30)32(24)22-18-27-23(19-26(22)36)33-25(37(27,3)4)15-17-31-35(33)21-11-8-9-13-29(21)39-31/h6-19H,5H2,1-4H3. The lowest BCUT2D eigenvalue weighted by atomic mass is 9.79. The topological polar surface area (TPSA) is 26.3 Å². The van der Waals surface area contributed by atoms with Crippen molar-refractivity contribution in [3.63, 3.8) is 0 Å². The van der Waals surface area contributed by atoms with E-state index < -0.39 is 0 Å². The lowest BCUT2D eigenvalue weighted by molar-refractivity contribution is 0.603. The zero-order valence-electron chi connectivity index (χ0n) is 22.6. The molecule has 2 aromatic heterocycles. The van der Waals surface area contributed by atoms with Crippen LogP contribution in [0.1, 0.15) is 67.7 Å². The Morgan fingerprint density at radius 1 is 0.590 bits per heavy atom. The van der Waals surface area contributed by atoms with Gasteiger partial charge in [-0.2, -0.15) is 0 Å². The second-order valence-electron chi connectivity index (χ2n) is 12.4. The largest absolute Gasteiger partial charge is 0.456 e. The van der Waals surface area contributed by atoms with E-state index >= 15 is 0 Å². The summed E-state index contributed by atoms with van der Waals surface area (Å²) in [5.41, 5.74) is 14.7. The number of furan rings is 2. The van der Waals surface area contributed by atoms with E-state index in [0.29, 0.717) is 0 Å². The van der Waals surface area contributed by atoms with Gasteiger partial charge in [-0.05, 0) is 87.3 Å². The molecule has 0 atom stereocenters. The highest BCUT2D eigenvalue weighted by molar-refractivity contribution is 6.15. The molecule has 9 rings (SSSR count). The third-order valence-corrected chi connectivity index (χ3v) is 9.68. The molecule has 3 aliphatic carbocycles. The Hall–Kier alpha value is -4.30. The summed E-state index contributed by atoms with van der Waals surface area (Å²) in [5.74, 6) is 0.960. The third kappa shape index (κ3) is 2.49. The number of rotatable bonds is 0. The van der Waals surface area contributed by atoms with E-state index in [-0.39, 0.29) is 10.8 Å². The lowest BCUT2D eigenvalue weighted by Gasteiger charge is -2.24. The monoisotopic (exact) mass is 504 g/mol. The minimum atomic E-state index is -0.123. The Morgan fingerprint density at radius 3 is 1.92 bits per heavy atom. The van der Waals surface area contributed by atoms with E-state index in [9.17, 15) is 0 Å². The van der Waals surface area contributed by atoms with E-state index in [0.717, 1.165) is 28.9 Å². The van der Waals surface area contributed by atoms with E-state index in [2.05, 4.69) is 113 Å². The van der Waals surface area contributed by atoms with Crippen LogP contribution in [0.15, 0.2) is 81.7 Å². The van der Waals surface area contributed by atoms with E-state index in [1.807, 2.05) is 0 Å². The molecule has 188 valence electrons. The first-order valence-corrected chi connectivity index (χ1v) is 13.9. The normalized spacial score (nSPS) is 17.3. The molecule has 0 saturated heterocycles. The molecule has 0 spiro atoms. The first kappa shape index (κ1) is 21.6. The average molecular weight is 505 g/mol. The molecule has 4 aromatic carbocycles. The number of benzene rings is 4. The molecule has 39 heavy (non-hydrogen) atoms. The van der Waals surface area contributed by atoms with Crippen molar-refractivity contribution in [3.05, 3.63) is 106 Å². The number of allylic oxidation sites excluding steroid dienone is 2. The smallest absolute Gasteiger partial charge is 0.136 e. The molecule has 2 nitrogen and oxygen atoms in total. The summed E-state index contributed by atoms with van der Waals surface area (Å²) in [6.45, 7) is 9.49. The Bertz CT molecular complexity index is 2140. The predicted molar refractivity (Wildman–Crippen MR) is 161 cm³/mol. The molecule has 0 radical (unpaired) electrons. The second-order valence-corrected chi connectivity index (χ2v) is 12.4. The van der Waals surface area contributed by atoms with Gasteiger partial charge in [-0.25, -0.2) is 0 Å². The molecule has 2 heteroatoms. The van der Waals surface area contributed by atoms with Gasteiger partial charge in [-0.3, -0.25) is 0 Å². The summed E-state index contributed by atoms with van der Waals surface area (Å²) in [7, 11) is 0. The maximum absolute atomic E-state index is 6.39. The fraction of sp³-hybridized carbons (Fsp3) is 0.189. The highest BCUT2D eigenvalue weighted by Gasteiger charge is 2.43. The van der Waals surface area contributed by atoms with Gasteiger partial charge in [-0.15, -0.1) is 0 Å². The Labute approximate surface area is 227 Å². The molecule has 0 saturated carbocycles. The minimum Gasteiger partial charge on any atom is -0.456 e. The molecule has 0 unspecified atom stereocenters. The average Bonchev–Trinajstić information content (AvgIpc) is 3.54. The minimum absolute atomic E-state index is 0.122. The van der Waals surface area contributed by atoms with Gasteiger partial charge in [0.15, 0.2) is 0 Å². The quantitative estimate of drug-likeness (QED) is 0.206. The molecule has 0 fully saturated rings. The van der Waals surface area contributed by atoms with Gasteiger partial charge in [0.05, 0.1) is 0 Å². The maximum atomic E-state index is 6.39. The van der Waals surface area contributed by atoms with Gasteiger partial charge < -0.3 is 8.83 Å². The van der Waals surface area contributed by atoms with Crippen LogP contribution >= 0.6 is 0 Å². The van der Waals surface area contributed by atoms with Crippen molar-refractivity contribution >= 4 is 45.1 Å². The summed E-state index contributed by atoms with van der Waals surface area (Å²) >= 11 is 0. The van der Waals surface area contributed by atoms with Crippen molar-refractivity contribution in [1.29, 1.82) is 0 Å². The number of hydrogen-bond donors (Lipinski definition) is 0. The molecular weight excluding hydrogens is 476 g/mol. The first-order chi connectivity index (χ1) is 18.9. The molecular formula is C37H28O2. The van der Waals surface area contributed by atoms with Gasteiger partial charge in [0.25, 0.3) is 0 Å². The van der Waals surface area contributed by atoms with Gasteiger partial charge in [0.1, 0.15) is 22.5 Å². The SMILES string of the molecule is CC1(C)c2cc3c(cc2-c2c1ccc1oc4c(c21)C=CCC=C4)C(C)(C)c1ccc2oc4ccccc4c2c1-3. The zero-order chi connectivity index (χ0) is 26.3. The fourth-order valence-corrected chi connectivity index (χ4v) is 7.72. The number of para-hydroxylation sites is 1. The predicted octanol–water partition coefficient (Wildman–Crippen LogP) is 10.4. The molecule has 0 bridgehead atoms. The molecule has 0 N–H and O–H groups in total. The van der Waals surface area contributed by atoms with E-state index in [4.69, 9.17) is 8.83 Å². The van der Waals surface area contributed by atoms with E-state index in [1.165, 1.54) is 66.2 Å². The Balaban J connectivity index is 1.40. The van der Waals surface area contributed by atoms with Crippen molar-refractivity contribution < 1.29 is 8.83 Å². The van der Waals surface area contributed by atoms with Crippen LogP contribution in [0.5, 0.6) is 0 Å². The Morgan fingerprint density at radius 2 is 1.21 bits per heavy atom. The summed E-state index contributed by atoms with van der Waals surface area (Å²) in [6.07, 6.45) is 9.72. The highest BCUT2D eigenvalue weighted by Crippen LogP contribution is 2.59. The third-order valence-electron chi connectivity index (χ3n) is 9.68. The van der Waals surface area contributed by atoms with Crippen molar-refractivity contribution in [2.24, 2.45) is 0 Å². The summed E-state index contributed by atoms with van der Waals surface area (Å²) < 4.78 is 12.7. The molecule has 2 heterocycles. The van der Waals surface area contributed by atoms with E-state index in [1.54, 1.807) is 0 Å². The molecule has 6 aromatic rings.